The molecule has 0 aromatic carbocycles. The second-order valence-corrected chi connectivity index (χ2v) is 3.64. The summed E-state index contributed by atoms with van der Waals surface area (Å²) in [6, 6.07) is 0. The van der Waals surface area contributed by atoms with E-state index in [1.54, 1.807) is 20.0 Å². The van der Waals surface area contributed by atoms with Gasteiger partial charge in [-0.3, -0.25) is 4.79 Å². The molecule has 0 aliphatic heterocycles. The molecule has 0 saturated carbocycles. The highest BCUT2D eigenvalue weighted by molar-refractivity contribution is 5.85. The van der Waals surface area contributed by atoms with E-state index in [-0.39, 0.29) is 11.8 Å². The van der Waals surface area contributed by atoms with Crippen molar-refractivity contribution >= 4 is 11.9 Å². The third-order valence-corrected chi connectivity index (χ3v) is 2.23. The highest BCUT2D eigenvalue weighted by Crippen LogP contribution is 2.05. The molecule has 0 aliphatic rings. The maximum Gasteiger partial charge on any atom is 0.374 e. The number of carbonyl (C=O) groups is 2. The van der Waals surface area contributed by atoms with Gasteiger partial charge in [0.15, 0.2) is 0 Å². The van der Waals surface area contributed by atoms with E-state index >= 15 is 0 Å². The number of carbonyl (C=O) groups excluding carboxylic acids is 2. The lowest BCUT2D eigenvalue weighted by Crippen LogP contribution is -2.07. The van der Waals surface area contributed by atoms with E-state index in [0.29, 0.717) is 32.5 Å². The number of aryl methyl sites for hydroxylation is 1. The number of rotatable bonds is 7. The van der Waals surface area contributed by atoms with Gasteiger partial charge in [-0.25, -0.2) is 9.78 Å². The Morgan fingerprint density at radius 1 is 1.28 bits per heavy atom. The Labute approximate surface area is 106 Å². The zero-order valence-corrected chi connectivity index (χ0v) is 10.7. The Hall–Kier alpha value is -1.85. The molecule has 0 bridgehead atoms. The van der Waals surface area contributed by atoms with Crippen LogP contribution in [0.3, 0.4) is 0 Å². The SMILES string of the molecule is CCOC(=O)CCCc1cnc(C(=O)OCC)[nH]1. The predicted molar refractivity (Wildman–Crippen MR) is 64.1 cm³/mol. The normalized spacial score (nSPS) is 10.1. The first-order valence-electron chi connectivity index (χ1n) is 6.04. The van der Waals surface area contributed by atoms with Gasteiger partial charge in [-0.15, -0.1) is 0 Å². The maximum absolute atomic E-state index is 11.3. The fraction of sp³-hybridized carbons (Fsp3) is 0.583. The van der Waals surface area contributed by atoms with Crippen LogP contribution < -0.4 is 0 Å². The number of nitrogens with zero attached hydrogens (tertiary/aromatic N) is 1. The molecule has 0 unspecified atom stereocenters. The summed E-state index contributed by atoms with van der Waals surface area (Å²) in [6.45, 7) is 4.23. The highest BCUT2D eigenvalue weighted by Gasteiger charge is 2.11. The average Bonchev–Trinajstić information content (AvgIpc) is 2.78. The van der Waals surface area contributed by atoms with Crippen LogP contribution in [0.15, 0.2) is 6.20 Å². The third-order valence-electron chi connectivity index (χ3n) is 2.23. The molecule has 0 atom stereocenters. The summed E-state index contributed by atoms with van der Waals surface area (Å²) in [5, 5.41) is 0. The van der Waals surface area contributed by atoms with Crippen molar-refractivity contribution in [1.29, 1.82) is 0 Å². The number of esters is 2. The Kier molecular flexibility index (Phi) is 5.90. The van der Waals surface area contributed by atoms with Gasteiger partial charge in [-0.2, -0.15) is 0 Å². The van der Waals surface area contributed by atoms with Crippen molar-refractivity contribution in [2.24, 2.45) is 0 Å². The summed E-state index contributed by atoms with van der Waals surface area (Å²) >= 11 is 0. The van der Waals surface area contributed by atoms with Gasteiger partial charge >= 0.3 is 11.9 Å². The topological polar surface area (TPSA) is 81.3 Å². The van der Waals surface area contributed by atoms with Crippen LogP contribution in [0.2, 0.25) is 0 Å². The Morgan fingerprint density at radius 2 is 2.00 bits per heavy atom. The molecule has 1 heterocycles. The zero-order chi connectivity index (χ0) is 13.4. The van der Waals surface area contributed by atoms with E-state index in [9.17, 15) is 9.59 Å². The number of aromatic amines is 1. The molecule has 0 spiro atoms. The maximum atomic E-state index is 11.3. The number of imidazole rings is 1. The molecule has 18 heavy (non-hydrogen) atoms. The van der Waals surface area contributed by atoms with Crippen molar-refractivity contribution in [3.05, 3.63) is 17.7 Å². The molecular weight excluding hydrogens is 236 g/mol. The van der Waals surface area contributed by atoms with Crippen LogP contribution in [0.4, 0.5) is 0 Å². The number of nitrogens with one attached hydrogen (secondary N) is 1. The van der Waals surface area contributed by atoms with Gasteiger partial charge in [-0.05, 0) is 26.7 Å². The monoisotopic (exact) mass is 254 g/mol. The fourth-order valence-corrected chi connectivity index (χ4v) is 1.45. The second-order valence-electron chi connectivity index (χ2n) is 3.64. The smallest absolute Gasteiger partial charge is 0.374 e. The van der Waals surface area contributed by atoms with E-state index in [0.717, 1.165) is 5.69 Å². The molecular formula is C12H18N2O4. The molecule has 6 heteroatoms. The van der Waals surface area contributed by atoms with E-state index in [4.69, 9.17) is 9.47 Å². The summed E-state index contributed by atoms with van der Waals surface area (Å²) < 4.78 is 9.63. The van der Waals surface area contributed by atoms with E-state index < -0.39 is 5.97 Å². The lowest BCUT2D eigenvalue weighted by Gasteiger charge is -2.00. The van der Waals surface area contributed by atoms with Gasteiger partial charge in [0.2, 0.25) is 5.82 Å². The number of aromatic nitrogens is 2. The predicted octanol–water partition coefficient (Wildman–Crippen LogP) is 1.47. The van der Waals surface area contributed by atoms with E-state index in [2.05, 4.69) is 9.97 Å². The first-order chi connectivity index (χ1) is 8.67. The average molecular weight is 254 g/mol. The van der Waals surface area contributed by atoms with Crippen LogP contribution in [0.1, 0.15) is 43.0 Å². The molecule has 6 nitrogen and oxygen atoms in total. The number of hydrogen-bond donors (Lipinski definition) is 1. The molecule has 0 radical (unpaired) electrons. The molecule has 0 fully saturated rings. The molecule has 1 aromatic rings. The summed E-state index contributed by atoms with van der Waals surface area (Å²) in [4.78, 5) is 29.2. The van der Waals surface area contributed by atoms with Crippen molar-refractivity contribution < 1.29 is 19.1 Å². The summed E-state index contributed by atoms with van der Waals surface area (Å²) in [7, 11) is 0. The van der Waals surface area contributed by atoms with Crippen molar-refractivity contribution in [2.45, 2.75) is 33.1 Å². The molecule has 0 saturated heterocycles. The zero-order valence-electron chi connectivity index (χ0n) is 10.7. The molecule has 1 N–H and O–H groups in total. The van der Waals surface area contributed by atoms with Crippen molar-refractivity contribution in [1.82, 2.24) is 9.97 Å². The van der Waals surface area contributed by atoms with Crippen molar-refractivity contribution in [2.75, 3.05) is 13.2 Å². The standard InChI is InChI=1S/C12H18N2O4/c1-3-17-10(15)7-5-6-9-8-13-11(14-9)12(16)18-4-2/h8H,3-7H2,1-2H3,(H,13,14). The Bertz CT molecular complexity index is 401. The van der Waals surface area contributed by atoms with E-state index in [1.807, 2.05) is 0 Å². The van der Waals surface area contributed by atoms with Crippen LogP contribution >= 0.6 is 0 Å². The summed E-state index contributed by atoms with van der Waals surface area (Å²) in [6.07, 6.45) is 3.24. The number of hydrogen-bond acceptors (Lipinski definition) is 5. The summed E-state index contributed by atoms with van der Waals surface area (Å²) in [5.74, 6) is -0.472. The number of ether oxygens (including phenoxy) is 2. The largest absolute Gasteiger partial charge is 0.466 e. The molecule has 1 aromatic heterocycles. The molecule has 0 aliphatic carbocycles. The van der Waals surface area contributed by atoms with Crippen LogP contribution in [-0.2, 0) is 20.7 Å². The van der Waals surface area contributed by atoms with E-state index in [1.165, 1.54) is 0 Å². The van der Waals surface area contributed by atoms with Gasteiger partial charge in [0, 0.05) is 18.3 Å². The van der Waals surface area contributed by atoms with Crippen molar-refractivity contribution in [3.63, 3.8) is 0 Å². The van der Waals surface area contributed by atoms with Crippen molar-refractivity contribution in [3.8, 4) is 0 Å². The number of H-pyrrole nitrogens is 1. The quantitative estimate of drug-likeness (QED) is 0.745. The van der Waals surface area contributed by atoms with Crippen LogP contribution in [0.25, 0.3) is 0 Å². The lowest BCUT2D eigenvalue weighted by molar-refractivity contribution is -0.143. The van der Waals surface area contributed by atoms with Gasteiger partial charge in [0.1, 0.15) is 0 Å². The fourth-order valence-electron chi connectivity index (χ4n) is 1.45. The first kappa shape index (κ1) is 14.2. The lowest BCUT2D eigenvalue weighted by atomic mass is 10.2. The summed E-state index contributed by atoms with van der Waals surface area (Å²) in [5.41, 5.74) is 0.808. The van der Waals surface area contributed by atoms with Gasteiger partial charge < -0.3 is 14.5 Å². The van der Waals surface area contributed by atoms with Gasteiger partial charge in [0.05, 0.1) is 13.2 Å². The first-order valence-corrected chi connectivity index (χ1v) is 6.04. The minimum absolute atomic E-state index is 0.197. The minimum Gasteiger partial charge on any atom is -0.466 e. The van der Waals surface area contributed by atoms with Gasteiger partial charge in [0.25, 0.3) is 0 Å². The van der Waals surface area contributed by atoms with Crippen LogP contribution in [0.5, 0.6) is 0 Å². The highest BCUT2D eigenvalue weighted by atomic mass is 16.5. The molecule has 0 amide bonds. The third kappa shape index (κ3) is 4.57. The molecule has 100 valence electrons. The minimum atomic E-state index is -0.464. The Morgan fingerprint density at radius 3 is 2.67 bits per heavy atom. The van der Waals surface area contributed by atoms with Crippen LogP contribution in [-0.4, -0.2) is 35.1 Å². The second kappa shape index (κ2) is 7.47. The molecule has 1 rings (SSSR count). The Balaban J connectivity index is 2.35. The van der Waals surface area contributed by atoms with Gasteiger partial charge in [-0.1, -0.05) is 0 Å². The van der Waals surface area contributed by atoms with Crippen LogP contribution in [0, 0.1) is 0 Å².